The first-order valence-electron chi connectivity index (χ1n) is 6.67. The molecular formula is C16H16ClN3. The zero-order chi connectivity index (χ0) is 14.1. The molecule has 0 spiro atoms. The van der Waals surface area contributed by atoms with E-state index >= 15 is 0 Å². The maximum absolute atomic E-state index is 5.92. The number of aromatic nitrogens is 3. The summed E-state index contributed by atoms with van der Waals surface area (Å²) in [6.45, 7) is 4.09. The summed E-state index contributed by atoms with van der Waals surface area (Å²) in [5.41, 5.74) is 5.13. The summed E-state index contributed by atoms with van der Waals surface area (Å²) < 4.78 is 2.13. The second kappa shape index (κ2) is 5.25. The molecule has 20 heavy (non-hydrogen) atoms. The Labute approximate surface area is 123 Å². The van der Waals surface area contributed by atoms with Crippen molar-refractivity contribution in [3.8, 4) is 5.69 Å². The van der Waals surface area contributed by atoms with Gasteiger partial charge in [0.25, 0.3) is 0 Å². The molecule has 0 aliphatic heterocycles. The quantitative estimate of drug-likeness (QED) is 0.685. The van der Waals surface area contributed by atoms with Gasteiger partial charge in [0.1, 0.15) is 11.3 Å². The highest BCUT2D eigenvalue weighted by Crippen LogP contribution is 2.23. The van der Waals surface area contributed by atoms with Gasteiger partial charge in [0.2, 0.25) is 0 Å². The average molecular weight is 286 g/mol. The third kappa shape index (κ3) is 2.18. The van der Waals surface area contributed by atoms with Crippen molar-refractivity contribution in [1.82, 2.24) is 14.5 Å². The molecule has 3 rings (SSSR count). The first-order chi connectivity index (χ1) is 9.70. The van der Waals surface area contributed by atoms with Gasteiger partial charge in [-0.05, 0) is 37.6 Å². The Morgan fingerprint density at radius 2 is 1.85 bits per heavy atom. The van der Waals surface area contributed by atoms with Gasteiger partial charge in [-0.15, -0.1) is 11.6 Å². The maximum Gasteiger partial charge on any atom is 0.164 e. The average Bonchev–Trinajstić information content (AvgIpc) is 2.77. The number of pyridine rings is 1. The van der Waals surface area contributed by atoms with Crippen LogP contribution in [0.3, 0.4) is 0 Å². The molecule has 0 fully saturated rings. The predicted octanol–water partition coefficient (Wildman–Crippen LogP) is 3.82. The van der Waals surface area contributed by atoms with Crippen molar-refractivity contribution in [2.24, 2.45) is 0 Å². The van der Waals surface area contributed by atoms with Crippen molar-refractivity contribution < 1.29 is 0 Å². The lowest BCUT2D eigenvalue weighted by molar-refractivity contribution is 0.898. The molecule has 0 aliphatic rings. The van der Waals surface area contributed by atoms with Gasteiger partial charge in [0.15, 0.2) is 5.65 Å². The Kier molecular flexibility index (Phi) is 3.45. The van der Waals surface area contributed by atoms with Gasteiger partial charge >= 0.3 is 0 Å². The van der Waals surface area contributed by atoms with Crippen molar-refractivity contribution in [2.75, 3.05) is 5.88 Å². The lowest BCUT2D eigenvalue weighted by atomic mass is 10.2. The van der Waals surface area contributed by atoms with Gasteiger partial charge < -0.3 is 0 Å². The third-order valence-corrected chi connectivity index (χ3v) is 3.58. The number of hydrogen-bond donors (Lipinski definition) is 0. The van der Waals surface area contributed by atoms with Crippen molar-refractivity contribution in [2.45, 2.75) is 20.3 Å². The maximum atomic E-state index is 5.92. The summed E-state index contributed by atoms with van der Waals surface area (Å²) in [6.07, 6.45) is 0.727. The summed E-state index contributed by atoms with van der Waals surface area (Å²) >= 11 is 5.92. The molecule has 3 aromatic rings. The number of fused-ring (bicyclic) bond motifs is 1. The number of alkyl halides is 1. The van der Waals surface area contributed by atoms with Gasteiger partial charge in [-0.1, -0.05) is 18.2 Å². The molecule has 3 nitrogen and oxygen atoms in total. The Morgan fingerprint density at radius 3 is 2.60 bits per heavy atom. The Balaban J connectivity index is 2.34. The summed E-state index contributed by atoms with van der Waals surface area (Å²) in [5.74, 6) is 1.51. The van der Waals surface area contributed by atoms with Gasteiger partial charge in [-0.25, -0.2) is 9.97 Å². The van der Waals surface area contributed by atoms with Crippen molar-refractivity contribution in [1.29, 1.82) is 0 Å². The third-order valence-electron chi connectivity index (χ3n) is 3.39. The standard InChI is InChI=1S/C16H16ClN3/c1-11-5-3-4-6-14(11)20-15(9-10-17)19-13-8-7-12(2)18-16(13)20/h3-8H,9-10H2,1-2H3. The van der Waals surface area contributed by atoms with Crippen molar-refractivity contribution in [3.63, 3.8) is 0 Å². The van der Waals surface area contributed by atoms with Crippen LogP contribution in [0, 0.1) is 13.8 Å². The molecule has 0 amide bonds. The van der Waals surface area contributed by atoms with Crippen LogP contribution >= 0.6 is 11.6 Å². The minimum Gasteiger partial charge on any atom is -0.280 e. The van der Waals surface area contributed by atoms with Crippen LogP contribution < -0.4 is 0 Å². The molecule has 1 aromatic carbocycles. The number of rotatable bonds is 3. The fraction of sp³-hybridized carbons (Fsp3) is 0.250. The van der Waals surface area contributed by atoms with Crippen LogP contribution in [0.15, 0.2) is 36.4 Å². The molecule has 0 atom stereocenters. The number of nitrogens with zero attached hydrogens (tertiary/aromatic N) is 3. The smallest absolute Gasteiger partial charge is 0.164 e. The fourth-order valence-corrected chi connectivity index (χ4v) is 2.59. The van der Waals surface area contributed by atoms with E-state index in [9.17, 15) is 0 Å². The lowest BCUT2D eigenvalue weighted by Crippen LogP contribution is -2.04. The SMILES string of the molecule is Cc1ccc2nc(CCCl)n(-c3ccccc3C)c2n1. The van der Waals surface area contributed by atoms with E-state index < -0.39 is 0 Å². The Bertz CT molecular complexity index is 762. The highest BCUT2D eigenvalue weighted by Gasteiger charge is 2.14. The second-order valence-electron chi connectivity index (χ2n) is 4.88. The zero-order valence-electron chi connectivity index (χ0n) is 11.6. The van der Waals surface area contributed by atoms with Crippen molar-refractivity contribution in [3.05, 3.63) is 53.5 Å². The molecule has 0 saturated carbocycles. The number of halogens is 1. The van der Waals surface area contributed by atoms with Crippen LogP contribution in [0.4, 0.5) is 0 Å². The molecule has 0 radical (unpaired) electrons. The summed E-state index contributed by atoms with van der Waals surface area (Å²) in [4.78, 5) is 9.33. The monoisotopic (exact) mass is 285 g/mol. The summed E-state index contributed by atoms with van der Waals surface area (Å²) in [7, 11) is 0. The molecule has 2 heterocycles. The van der Waals surface area contributed by atoms with Crippen LogP contribution in [0.5, 0.6) is 0 Å². The Hall–Kier alpha value is -1.87. The number of aryl methyl sites for hydroxylation is 3. The van der Waals surface area contributed by atoms with Gasteiger partial charge in [-0.3, -0.25) is 4.57 Å². The minimum absolute atomic E-state index is 0.550. The van der Waals surface area contributed by atoms with E-state index in [1.54, 1.807) is 0 Å². The Morgan fingerprint density at radius 1 is 1.05 bits per heavy atom. The van der Waals surface area contributed by atoms with E-state index in [0.717, 1.165) is 34.8 Å². The van der Waals surface area contributed by atoms with E-state index in [0.29, 0.717) is 5.88 Å². The number of benzene rings is 1. The van der Waals surface area contributed by atoms with Crippen LogP contribution in [0.25, 0.3) is 16.9 Å². The molecule has 0 saturated heterocycles. The fourth-order valence-electron chi connectivity index (χ4n) is 2.42. The first kappa shape index (κ1) is 13.1. The van der Waals surface area contributed by atoms with E-state index in [1.165, 1.54) is 5.56 Å². The molecule has 102 valence electrons. The van der Waals surface area contributed by atoms with Gasteiger partial charge in [0.05, 0.1) is 5.69 Å². The minimum atomic E-state index is 0.550. The van der Waals surface area contributed by atoms with Crippen molar-refractivity contribution >= 4 is 22.8 Å². The molecule has 2 aromatic heterocycles. The molecule has 0 bridgehead atoms. The van der Waals surface area contributed by atoms with Crippen LogP contribution in [0.1, 0.15) is 17.1 Å². The molecular weight excluding hydrogens is 270 g/mol. The topological polar surface area (TPSA) is 30.7 Å². The lowest BCUT2D eigenvalue weighted by Gasteiger charge is -2.11. The van der Waals surface area contributed by atoms with Crippen LogP contribution in [-0.4, -0.2) is 20.4 Å². The predicted molar refractivity (Wildman–Crippen MR) is 82.8 cm³/mol. The molecule has 0 unspecified atom stereocenters. The van der Waals surface area contributed by atoms with E-state index in [4.69, 9.17) is 11.6 Å². The summed E-state index contributed by atoms with van der Waals surface area (Å²) in [5, 5.41) is 0. The van der Waals surface area contributed by atoms with Gasteiger partial charge in [-0.2, -0.15) is 0 Å². The largest absolute Gasteiger partial charge is 0.280 e. The second-order valence-corrected chi connectivity index (χ2v) is 5.26. The highest BCUT2D eigenvalue weighted by atomic mass is 35.5. The molecule has 0 N–H and O–H groups in total. The molecule has 0 aliphatic carbocycles. The van der Waals surface area contributed by atoms with E-state index in [2.05, 4.69) is 33.6 Å². The normalized spacial score (nSPS) is 11.2. The highest BCUT2D eigenvalue weighted by molar-refractivity contribution is 6.17. The van der Waals surface area contributed by atoms with E-state index in [-0.39, 0.29) is 0 Å². The van der Waals surface area contributed by atoms with Gasteiger partial charge in [0, 0.05) is 18.0 Å². The number of hydrogen-bond acceptors (Lipinski definition) is 2. The van der Waals surface area contributed by atoms with E-state index in [1.807, 2.05) is 31.2 Å². The summed E-state index contributed by atoms with van der Waals surface area (Å²) in [6, 6.07) is 12.3. The van der Waals surface area contributed by atoms with Crippen LogP contribution in [0.2, 0.25) is 0 Å². The number of imidazole rings is 1. The van der Waals surface area contributed by atoms with Crippen LogP contribution in [-0.2, 0) is 6.42 Å². The first-order valence-corrected chi connectivity index (χ1v) is 7.21. The zero-order valence-corrected chi connectivity index (χ0v) is 12.4. The number of para-hydroxylation sites is 1. The molecule has 4 heteroatoms.